The molecular formula is C10H8BrN3. The van der Waals surface area contributed by atoms with Crippen LogP contribution in [0.4, 0.5) is 5.69 Å². The number of imidazole rings is 1. The number of fused-ring (bicyclic) bond motifs is 1. The van der Waals surface area contributed by atoms with Crippen molar-refractivity contribution in [1.82, 2.24) is 9.55 Å². The Morgan fingerprint density at radius 2 is 2.21 bits per heavy atom. The van der Waals surface area contributed by atoms with Gasteiger partial charge in [-0.05, 0) is 40.5 Å². The predicted octanol–water partition coefficient (Wildman–Crippen LogP) is 3.20. The van der Waals surface area contributed by atoms with E-state index in [-0.39, 0.29) is 0 Å². The van der Waals surface area contributed by atoms with Gasteiger partial charge in [0.1, 0.15) is 0 Å². The maximum atomic E-state index is 7.00. The van der Waals surface area contributed by atoms with Crippen molar-refractivity contribution in [1.29, 1.82) is 0 Å². The molecule has 0 aliphatic carbocycles. The van der Waals surface area contributed by atoms with Gasteiger partial charge in [-0.2, -0.15) is 0 Å². The number of hydrogen-bond donors (Lipinski definition) is 0. The van der Waals surface area contributed by atoms with E-state index in [9.17, 15) is 0 Å². The molecule has 0 saturated carbocycles. The van der Waals surface area contributed by atoms with Gasteiger partial charge in [0.2, 0.25) is 0 Å². The molecule has 4 heteroatoms. The Bertz CT molecular complexity index is 548. The molecular weight excluding hydrogens is 242 g/mol. The molecule has 14 heavy (non-hydrogen) atoms. The fourth-order valence-corrected chi connectivity index (χ4v) is 1.80. The van der Waals surface area contributed by atoms with E-state index in [0.29, 0.717) is 5.69 Å². The number of aryl methyl sites for hydroxylation is 2. The van der Waals surface area contributed by atoms with Crippen molar-refractivity contribution < 1.29 is 0 Å². The Morgan fingerprint density at radius 1 is 1.50 bits per heavy atom. The lowest BCUT2D eigenvalue weighted by Gasteiger charge is -1.99. The largest absolute Gasteiger partial charge is 0.322 e. The fourth-order valence-electron chi connectivity index (χ4n) is 1.42. The van der Waals surface area contributed by atoms with Gasteiger partial charge in [-0.25, -0.2) is 9.83 Å². The van der Waals surface area contributed by atoms with Crippen LogP contribution >= 0.6 is 15.9 Å². The smallest absolute Gasteiger partial charge is 0.192 e. The Kier molecular flexibility index (Phi) is 2.05. The van der Waals surface area contributed by atoms with Crippen LogP contribution in [0.15, 0.2) is 16.9 Å². The van der Waals surface area contributed by atoms with Gasteiger partial charge >= 0.3 is 0 Å². The molecule has 1 aromatic heterocycles. The van der Waals surface area contributed by atoms with Gasteiger partial charge in [-0.3, -0.25) is 0 Å². The third-order valence-corrected chi connectivity index (χ3v) is 2.97. The molecule has 3 nitrogen and oxygen atoms in total. The Morgan fingerprint density at radius 3 is 2.86 bits per heavy atom. The summed E-state index contributed by atoms with van der Waals surface area (Å²) in [5, 5.41) is 0. The molecule has 1 aromatic carbocycles. The normalized spacial score (nSPS) is 10.4. The van der Waals surface area contributed by atoms with Crippen molar-refractivity contribution >= 4 is 32.7 Å². The molecule has 0 aliphatic heterocycles. The second-order valence-corrected chi connectivity index (χ2v) is 3.89. The number of nitrogens with zero attached hydrogens (tertiary/aromatic N) is 3. The molecule has 1 heterocycles. The number of aromatic nitrogens is 2. The lowest BCUT2D eigenvalue weighted by Crippen LogP contribution is -1.87. The second-order valence-electron chi connectivity index (χ2n) is 3.18. The van der Waals surface area contributed by atoms with Crippen molar-refractivity contribution in [3.05, 3.63) is 33.8 Å². The first-order valence-corrected chi connectivity index (χ1v) is 4.93. The highest BCUT2D eigenvalue weighted by Crippen LogP contribution is 2.27. The first kappa shape index (κ1) is 9.22. The van der Waals surface area contributed by atoms with E-state index in [2.05, 4.69) is 25.8 Å². The van der Waals surface area contributed by atoms with Gasteiger partial charge in [-0.1, -0.05) is 0 Å². The van der Waals surface area contributed by atoms with Crippen molar-refractivity contribution in [3.63, 3.8) is 0 Å². The Balaban J connectivity index is 2.88. The van der Waals surface area contributed by atoms with Crippen LogP contribution in [0.25, 0.3) is 15.9 Å². The van der Waals surface area contributed by atoms with E-state index >= 15 is 0 Å². The second kappa shape index (κ2) is 3.10. The van der Waals surface area contributed by atoms with E-state index in [0.717, 1.165) is 21.3 Å². The van der Waals surface area contributed by atoms with Crippen LogP contribution in [0.1, 0.15) is 5.56 Å². The summed E-state index contributed by atoms with van der Waals surface area (Å²) in [6.07, 6.45) is 0. The number of hydrogen-bond acceptors (Lipinski definition) is 1. The molecule has 0 atom stereocenters. The van der Waals surface area contributed by atoms with E-state index in [1.165, 1.54) is 0 Å². The average molecular weight is 250 g/mol. The van der Waals surface area contributed by atoms with Gasteiger partial charge in [0, 0.05) is 7.05 Å². The van der Waals surface area contributed by atoms with Gasteiger partial charge in [0.25, 0.3) is 0 Å². The van der Waals surface area contributed by atoms with Crippen LogP contribution in [0, 0.1) is 13.5 Å². The van der Waals surface area contributed by atoms with Gasteiger partial charge < -0.3 is 4.57 Å². The highest BCUT2D eigenvalue weighted by atomic mass is 79.9. The fraction of sp³-hybridized carbons (Fsp3) is 0.200. The summed E-state index contributed by atoms with van der Waals surface area (Å²) in [7, 11) is 1.94. The molecule has 0 saturated heterocycles. The topological polar surface area (TPSA) is 22.2 Å². The van der Waals surface area contributed by atoms with E-state index < -0.39 is 0 Å². The summed E-state index contributed by atoms with van der Waals surface area (Å²) < 4.78 is 2.74. The van der Waals surface area contributed by atoms with Gasteiger partial charge in [-0.15, -0.1) is 0 Å². The van der Waals surface area contributed by atoms with Crippen molar-refractivity contribution in [2.75, 3.05) is 0 Å². The standard InChI is InChI=1S/C10H8BrN3/c1-6-4-9-8(5-7(6)12-2)13-10(11)14(9)3/h4-5H,1,3H3. The molecule has 70 valence electrons. The predicted molar refractivity (Wildman–Crippen MR) is 59.4 cm³/mol. The number of rotatable bonds is 0. The molecule has 2 aromatic rings. The summed E-state index contributed by atoms with van der Waals surface area (Å²) >= 11 is 3.35. The minimum absolute atomic E-state index is 0.670. The molecule has 0 amide bonds. The zero-order valence-electron chi connectivity index (χ0n) is 7.87. The van der Waals surface area contributed by atoms with Crippen LogP contribution in [0.2, 0.25) is 0 Å². The molecule has 0 fully saturated rings. The number of benzene rings is 1. The average Bonchev–Trinajstić information content (AvgIpc) is 2.43. The minimum Gasteiger partial charge on any atom is -0.322 e. The molecule has 0 bridgehead atoms. The Hall–Kier alpha value is -1.34. The third kappa shape index (κ3) is 1.21. The number of halogens is 1. The van der Waals surface area contributed by atoms with Crippen molar-refractivity contribution in [2.24, 2.45) is 7.05 Å². The van der Waals surface area contributed by atoms with Crippen LogP contribution in [0.3, 0.4) is 0 Å². The maximum Gasteiger partial charge on any atom is 0.192 e. The Labute approximate surface area is 90.3 Å². The summed E-state index contributed by atoms with van der Waals surface area (Å²) in [5.41, 5.74) is 3.56. The van der Waals surface area contributed by atoms with Crippen molar-refractivity contribution in [2.45, 2.75) is 6.92 Å². The summed E-state index contributed by atoms with van der Waals surface area (Å²) in [6, 6.07) is 3.81. The summed E-state index contributed by atoms with van der Waals surface area (Å²) in [4.78, 5) is 7.74. The van der Waals surface area contributed by atoms with Crippen molar-refractivity contribution in [3.8, 4) is 0 Å². The summed E-state index contributed by atoms with van der Waals surface area (Å²) in [6.45, 7) is 8.94. The van der Waals surface area contributed by atoms with Crippen LogP contribution in [-0.2, 0) is 7.05 Å². The lowest BCUT2D eigenvalue weighted by atomic mass is 10.2. The van der Waals surface area contributed by atoms with E-state index in [1.807, 2.05) is 30.7 Å². The SMILES string of the molecule is [C-]#[N+]c1cc2nc(Br)n(C)c2cc1C. The molecule has 2 rings (SSSR count). The quantitative estimate of drug-likeness (QED) is 0.658. The zero-order chi connectivity index (χ0) is 10.3. The maximum absolute atomic E-state index is 7.00. The molecule has 0 radical (unpaired) electrons. The van der Waals surface area contributed by atoms with Gasteiger partial charge in [0.05, 0.1) is 17.6 Å². The summed E-state index contributed by atoms with van der Waals surface area (Å²) in [5.74, 6) is 0. The van der Waals surface area contributed by atoms with Gasteiger partial charge in [0.15, 0.2) is 10.4 Å². The van der Waals surface area contributed by atoms with E-state index in [1.54, 1.807) is 0 Å². The first-order chi connectivity index (χ1) is 6.63. The zero-order valence-corrected chi connectivity index (χ0v) is 9.46. The third-order valence-electron chi connectivity index (χ3n) is 2.26. The molecule has 0 aliphatic rings. The molecule has 0 spiro atoms. The highest BCUT2D eigenvalue weighted by Gasteiger charge is 2.07. The monoisotopic (exact) mass is 249 g/mol. The van der Waals surface area contributed by atoms with Crippen LogP contribution in [-0.4, -0.2) is 9.55 Å². The first-order valence-electron chi connectivity index (χ1n) is 4.13. The minimum atomic E-state index is 0.670. The van der Waals surface area contributed by atoms with E-state index in [4.69, 9.17) is 6.57 Å². The molecule has 0 unspecified atom stereocenters. The highest BCUT2D eigenvalue weighted by molar-refractivity contribution is 9.10. The molecule has 0 N–H and O–H groups in total. The van der Waals surface area contributed by atoms with Crippen LogP contribution in [0.5, 0.6) is 0 Å². The van der Waals surface area contributed by atoms with Crippen LogP contribution < -0.4 is 0 Å². The lowest BCUT2D eigenvalue weighted by molar-refractivity contribution is 0.912.